The number of aromatic nitrogens is 2. The van der Waals surface area contributed by atoms with E-state index in [9.17, 15) is 4.79 Å². The maximum atomic E-state index is 12.6. The zero-order valence-electron chi connectivity index (χ0n) is 17.5. The molecule has 1 aliphatic heterocycles. The molecular formula is C23H30BrN5O. The molecule has 3 fully saturated rings. The second kappa shape index (κ2) is 9.77. The van der Waals surface area contributed by atoms with Crippen molar-refractivity contribution in [1.82, 2.24) is 20.4 Å². The number of piperidine rings is 1. The summed E-state index contributed by atoms with van der Waals surface area (Å²) < 4.78 is 1.18. The third-order valence-corrected chi connectivity index (χ3v) is 6.72. The predicted octanol–water partition coefficient (Wildman–Crippen LogP) is 4.54. The van der Waals surface area contributed by atoms with Crippen molar-refractivity contribution in [2.45, 2.75) is 63.6 Å². The Kier molecular flexibility index (Phi) is 6.87. The van der Waals surface area contributed by atoms with Crippen molar-refractivity contribution in [2.24, 2.45) is 0 Å². The summed E-state index contributed by atoms with van der Waals surface area (Å²) in [6.45, 7) is 3.94. The van der Waals surface area contributed by atoms with Gasteiger partial charge in [0.15, 0.2) is 5.82 Å². The van der Waals surface area contributed by atoms with Gasteiger partial charge >= 0.3 is 6.03 Å². The van der Waals surface area contributed by atoms with Gasteiger partial charge in [0.25, 0.3) is 0 Å². The number of halogens is 1. The Bertz CT molecular complexity index is 819. The number of carbonyl (C=O) groups is 1. The van der Waals surface area contributed by atoms with E-state index in [0.29, 0.717) is 18.1 Å². The average molecular weight is 472 g/mol. The van der Waals surface area contributed by atoms with Crippen LogP contribution in [0.1, 0.15) is 44.1 Å². The van der Waals surface area contributed by atoms with Crippen molar-refractivity contribution in [3.63, 3.8) is 0 Å². The first-order chi connectivity index (χ1) is 14.6. The molecular weight excluding hydrogens is 442 g/mol. The fourth-order valence-electron chi connectivity index (χ4n) is 3.86. The van der Waals surface area contributed by atoms with Gasteiger partial charge in [0.2, 0.25) is 0 Å². The molecule has 1 unspecified atom stereocenters. The lowest BCUT2D eigenvalue weighted by Gasteiger charge is -2.40. The van der Waals surface area contributed by atoms with Gasteiger partial charge in [-0.25, -0.2) is 4.79 Å². The van der Waals surface area contributed by atoms with Gasteiger partial charge in [-0.05, 0) is 69.2 Å². The minimum absolute atomic E-state index is 0.149. The summed E-state index contributed by atoms with van der Waals surface area (Å²) in [5, 5.41) is 11.4. The maximum Gasteiger partial charge on any atom is 0.318 e. The quantitative estimate of drug-likeness (QED) is 0.710. The minimum atomic E-state index is 0.149. The molecule has 1 aromatic heterocycles. The van der Waals surface area contributed by atoms with Crippen LogP contribution in [0.3, 0.4) is 0 Å². The molecule has 30 heavy (non-hydrogen) atoms. The summed E-state index contributed by atoms with van der Waals surface area (Å²) in [6.07, 6.45) is 8.47. The number of hydrogen-bond acceptors (Lipinski definition) is 4. The van der Waals surface area contributed by atoms with Crippen LogP contribution in [0.4, 0.5) is 10.6 Å². The van der Waals surface area contributed by atoms with Crippen molar-refractivity contribution in [3.05, 3.63) is 52.6 Å². The highest BCUT2D eigenvalue weighted by Crippen LogP contribution is 2.33. The fourth-order valence-corrected chi connectivity index (χ4v) is 4.15. The monoisotopic (exact) mass is 471 g/mol. The van der Waals surface area contributed by atoms with Crippen LogP contribution in [-0.4, -0.2) is 52.3 Å². The Labute approximate surface area is 187 Å². The molecule has 7 heteroatoms. The highest BCUT2D eigenvalue weighted by atomic mass is 79.9. The molecule has 2 saturated carbocycles. The van der Waals surface area contributed by atoms with Crippen LogP contribution in [0.2, 0.25) is 0 Å². The highest BCUT2D eigenvalue weighted by molar-refractivity contribution is 9.10. The molecule has 6 nitrogen and oxygen atoms in total. The van der Waals surface area contributed by atoms with E-state index in [4.69, 9.17) is 0 Å². The van der Waals surface area contributed by atoms with Crippen LogP contribution in [-0.2, 0) is 0 Å². The van der Waals surface area contributed by atoms with Crippen LogP contribution >= 0.6 is 15.9 Å². The largest absolute Gasteiger partial charge is 0.353 e. The van der Waals surface area contributed by atoms with E-state index in [-0.39, 0.29) is 6.03 Å². The third-order valence-electron chi connectivity index (χ3n) is 5.83. The van der Waals surface area contributed by atoms with Gasteiger partial charge in [-0.1, -0.05) is 34.1 Å². The summed E-state index contributed by atoms with van der Waals surface area (Å²) in [7, 11) is 0. The van der Waals surface area contributed by atoms with Gasteiger partial charge in [-0.3, -0.25) is 0 Å². The summed E-state index contributed by atoms with van der Waals surface area (Å²) in [4.78, 5) is 17.0. The minimum Gasteiger partial charge on any atom is -0.353 e. The van der Waals surface area contributed by atoms with Gasteiger partial charge in [-0.15, -0.1) is 5.10 Å². The number of anilines is 1. The van der Waals surface area contributed by atoms with Gasteiger partial charge in [0.1, 0.15) is 0 Å². The molecule has 160 valence electrons. The SMILES string of the molecule is Cc1ccccc1Br.O=C(NC1CC1)N(C1CC1)C1CCCN(c2cccnn2)C1. The zero-order chi connectivity index (χ0) is 20.9. The fraction of sp³-hybridized carbons (Fsp3) is 0.522. The standard InChI is InChI=1S/C16H23N5O.C7H7Br/c22-16(18-12-5-6-12)21(13-7-8-13)14-3-2-10-20(11-14)15-4-1-9-17-19-15;1-6-4-2-3-5-7(6)8/h1,4,9,12-14H,2-3,5-8,10-11H2,(H,18,22);2-5H,1H3. The van der Waals surface area contributed by atoms with E-state index in [0.717, 1.165) is 57.4 Å². The molecule has 2 heterocycles. The molecule has 0 radical (unpaired) electrons. The van der Waals surface area contributed by atoms with Gasteiger partial charge in [0, 0.05) is 35.8 Å². The Morgan fingerprint density at radius 3 is 2.50 bits per heavy atom. The number of amides is 2. The Morgan fingerprint density at radius 1 is 1.10 bits per heavy atom. The van der Waals surface area contributed by atoms with E-state index < -0.39 is 0 Å². The van der Waals surface area contributed by atoms with Crippen molar-refractivity contribution in [3.8, 4) is 0 Å². The first kappa shape index (κ1) is 21.1. The molecule has 2 aromatic rings. The van der Waals surface area contributed by atoms with Crippen LogP contribution in [0.25, 0.3) is 0 Å². The number of carbonyl (C=O) groups excluding carboxylic acids is 1. The summed E-state index contributed by atoms with van der Waals surface area (Å²) >= 11 is 3.40. The number of benzene rings is 1. The molecule has 5 rings (SSSR count). The first-order valence-corrected chi connectivity index (χ1v) is 11.7. The van der Waals surface area contributed by atoms with E-state index in [1.165, 1.54) is 10.0 Å². The molecule has 2 amide bonds. The third kappa shape index (κ3) is 5.72. The van der Waals surface area contributed by atoms with Gasteiger partial charge in [-0.2, -0.15) is 5.10 Å². The molecule has 1 saturated heterocycles. The lowest BCUT2D eigenvalue weighted by Crippen LogP contribution is -2.54. The highest BCUT2D eigenvalue weighted by Gasteiger charge is 2.40. The lowest BCUT2D eigenvalue weighted by atomic mass is 10.0. The van der Waals surface area contributed by atoms with Gasteiger partial charge in [0.05, 0.1) is 6.04 Å². The van der Waals surface area contributed by atoms with E-state index >= 15 is 0 Å². The Hall–Kier alpha value is -2.15. The van der Waals surface area contributed by atoms with Crippen molar-refractivity contribution >= 4 is 27.8 Å². The lowest BCUT2D eigenvalue weighted by molar-refractivity contribution is 0.160. The number of nitrogens with zero attached hydrogens (tertiary/aromatic N) is 4. The predicted molar refractivity (Wildman–Crippen MR) is 123 cm³/mol. The Morgan fingerprint density at radius 2 is 1.90 bits per heavy atom. The van der Waals surface area contributed by atoms with E-state index in [1.54, 1.807) is 6.20 Å². The van der Waals surface area contributed by atoms with Crippen LogP contribution in [0, 0.1) is 6.92 Å². The number of urea groups is 1. The molecule has 2 aliphatic carbocycles. The zero-order valence-corrected chi connectivity index (χ0v) is 19.1. The topological polar surface area (TPSA) is 61.4 Å². The number of rotatable bonds is 4. The molecule has 1 aromatic carbocycles. The molecule has 1 atom stereocenters. The second-order valence-corrected chi connectivity index (χ2v) is 9.29. The molecule has 3 aliphatic rings. The summed E-state index contributed by atoms with van der Waals surface area (Å²) in [5.74, 6) is 0.922. The normalized spacial score (nSPS) is 20.7. The van der Waals surface area contributed by atoms with Crippen molar-refractivity contribution in [1.29, 1.82) is 0 Å². The van der Waals surface area contributed by atoms with Crippen LogP contribution < -0.4 is 10.2 Å². The second-order valence-electron chi connectivity index (χ2n) is 8.44. The maximum absolute atomic E-state index is 12.6. The van der Waals surface area contributed by atoms with Crippen molar-refractivity contribution in [2.75, 3.05) is 18.0 Å². The summed E-state index contributed by atoms with van der Waals surface area (Å²) in [5.41, 5.74) is 1.28. The van der Waals surface area contributed by atoms with Crippen LogP contribution in [0.5, 0.6) is 0 Å². The molecule has 0 spiro atoms. The number of nitrogens with one attached hydrogen (secondary N) is 1. The van der Waals surface area contributed by atoms with Crippen molar-refractivity contribution < 1.29 is 4.79 Å². The Balaban J connectivity index is 0.000000230. The molecule has 0 bridgehead atoms. The smallest absolute Gasteiger partial charge is 0.318 e. The first-order valence-electron chi connectivity index (χ1n) is 10.9. The number of hydrogen-bond donors (Lipinski definition) is 1. The summed E-state index contributed by atoms with van der Waals surface area (Å²) in [6, 6.07) is 13.4. The molecule has 1 N–H and O–H groups in total. The van der Waals surface area contributed by atoms with Crippen LogP contribution in [0.15, 0.2) is 47.1 Å². The van der Waals surface area contributed by atoms with E-state index in [1.807, 2.05) is 30.3 Å². The van der Waals surface area contributed by atoms with E-state index in [2.05, 4.69) is 54.2 Å². The van der Waals surface area contributed by atoms with Gasteiger partial charge < -0.3 is 15.1 Å². The number of aryl methyl sites for hydroxylation is 1. The average Bonchev–Trinajstić information content (AvgIpc) is 3.69.